The zero-order chi connectivity index (χ0) is 8.81. The molecule has 0 saturated carbocycles. The van der Waals surface area contributed by atoms with Gasteiger partial charge in [-0.15, -0.1) is 0 Å². The lowest BCUT2D eigenvalue weighted by molar-refractivity contribution is -0.107. The maximum absolute atomic E-state index is 9.99. The molecule has 0 spiro atoms. The molecule has 1 aromatic heterocycles. The zero-order valence-corrected chi connectivity index (χ0v) is 8.20. The van der Waals surface area contributed by atoms with Gasteiger partial charge in [-0.2, -0.15) is 5.10 Å². The highest BCUT2D eigenvalue weighted by Gasteiger charge is 1.98. The molecule has 66 valence electrons. The Morgan fingerprint density at radius 2 is 2.42 bits per heavy atom. The number of hydrogen-bond acceptors (Lipinski definition) is 3. The van der Waals surface area contributed by atoms with Gasteiger partial charge in [-0.25, -0.2) is 9.67 Å². The Labute approximate surface area is 79.1 Å². The Bertz CT molecular complexity index is 249. The third-order valence-electron chi connectivity index (χ3n) is 1.51. The zero-order valence-electron chi connectivity index (χ0n) is 6.61. The average Bonchev–Trinajstić information content (AvgIpc) is 2.46. The summed E-state index contributed by atoms with van der Waals surface area (Å²) in [5.41, 5.74) is 0. The number of halogens is 1. The number of carbonyl (C=O) groups is 1. The van der Waals surface area contributed by atoms with Crippen LogP contribution >= 0.6 is 15.9 Å². The topological polar surface area (TPSA) is 47.8 Å². The van der Waals surface area contributed by atoms with Crippen molar-refractivity contribution in [3.8, 4) is 0 Å². The van der Waals surface area contributed by atoms with Crippen LogP contribution in [-0.4, -0.2) is 21.1 Å². The molecule has 0 aliphatic heterocycles. The van der Waals surface area contributed by atoms with E-state index in [1.54, 1.807) is 4.68 Å². The molecule has 4 nitrogen and oxygen atoms in total. The normalized spacial score (nSPS) is 10.1. The van der Waals surface area contributed by atoms with Crippen molar-refractivity contribution in [2.24, 2.45) is 0 Å². The molecule has 0 N–H and O–H groups in total. The van der Waals surface area contributed by atoms with E-state index in [0.717, 1.165) is 30.4 Å². The van der Waals surface area contributed by atoms with Crippen molar-refractivity contribution in [1.29, 1.82) is 0 Å². The average molecular weight is 232 g/mol. The molecule has 0 radical (unpaired) electrons. The number of nitrogens with zero attached hydrogens (tertiary/aromatic N) is 3. The predicted molar refractivity (Wildman–Crippen MR) is 47.6 cm³/mol. The predicted octanol–water partition coefficient (Wildman–Crippen LogP) is 1.41. The molecule has 0 unspecified atom stereocenters. The molecular weight excluding hydrogens is 222 g/mol. The Balaban J connectivity index is 2.24. The van der Waals surface area contributed by atoms with Crippen molar-refractivity contribution in [3.05, 3.63) is 11.1 Å². The van der Waals surface area contributed by atoms with E-state index < -0.39 is 0 Å². The third-order valence-corrected chi connectivity index (χ3v) is 2.12. The molecule has 0 atom stereocenters. The summed E-state index contributed by atoms with van der Waals surface area (Å²) in [7, 11) is 0. The van der Waals surface area contributed by atoms with Crippen molar-refractivity contribution in [2.45, 2.75) is 25.8 Å². The van der Waals surface area contributed by atoms with E-state index in [1.165, 1.54) is 6.33 Å². The number of aromatic nitrogens is 3. The summed E-state index contributed by atoms with van der Waals surface area (Å²) in [5.74, 6) is 0. The minimum absolute atomic E-state index is 0.631. The van der Waals surface area contributed by atoms with Gasteiger partial charge in [-0.3, -0.25) is 0 Å². The summed E-state index contributed by atoms with van der Waals surface area (Å²) < 4.78 is 2.51. The van der Waals surface area contributed by atoms with E-state index in [1.807, 2.05) is 0 Å². The van der Waals surface area contributed by atoms with Gasteiger partial charge in [0.25, 0.3) is 0 Å². The van der Waals surface area contributed by atoms with Crippen LogP contribution in [0, 0.1) is 0 Å². The van der Waals surface area contributed by atoms with Crippen molar-refractivity contribution >= 4 is 22.2 Å². The molecule has 5 heteroatoms. The van der Waals surface area contributed by atoms with Crippen LogP contribution < -0.4 is 0 Å². The second-order valence-electron chi connectivity index (χ2n) is 2.41. The number of aryl methyl sites for hydroxylation is 1. The van der Waals surface area contributed by atoms with Crippen LogP contribution in [0.1, 0.15) is 19.3 Å². The van der Waals surface area contributed by atoms with Crippen molar-refractivity contribution < 1.29 is 4.79 Å². The fourth-order valence-corrected chi connectivity index (χ4v) is 1.25. The second-order valence-corrected chi connectivity index (χ2v) is 3.12. The number of carbonyl (C=O) groups excluding carboxylic acids is 1. The van der Waals surface area contributed by atoms with E-state index in [9.17, 15) is 4.79 Å². The van der Waals surface area contributed by atoms with E-state index in [2.05, 4.69) is 26.0 Å². The molecule has 1 rings (SSSR count). The van der Waals surface area contributed by atoms with Gasteiger partial charge >= 0.3 is 0 Å². The Hall–Kier alpha value is -0.710. The van der Waals surface area contributed by atoms with Gasteiger partial charge in [0.2, 0.25) is 0 Å². The number of rotatable bonds is 5. The molecular formula is C7H10BrN3O. The van der Waals surface area contributed by atoms with Gasteiger partial charge in [-0.1, -0.05) is 0 Å². The molecule has 0 amide bonds. The minimum atomic E-state index is 0.631. The van der Waals surface area contributed by atoms with Crippen LogP contribution in [0.5, 0.6) is 0 Å². The van der Waals surface area contributed by atoms with Gasteiger partial charge in [0.1, 0.15) is 12.6 Å². The summed E-state index contributed by atoms with van der Waals surface area (Å²) in [6.07, 6.45) is 4.95. The molecule has 1 aromatic rings. The molecule has 0 aliphatic rings. The second kappa shape index (κ2) is 5.03. The molecule has 0 fully saturated rings. The smallest absolute Gasteiger partial charge is 0.195 e. The monoisotopic (exact) mass is 231 g/mol. The number of unbranched alkanes of at least 4 members (excludes halogenated alkanes) is 2. The largest absolute Gasteiger partial charge is 0.303 e. The van der Waals surface area contributed by atoms with Crippen molar-refractivity contribution in [1.82, 2.24) is 14.8 Å². The summed E-state index contributed by atoms with van der Waals surface area (Å²) in [6, 6.07) is 0. The summed E-state index contributed by atoms with van der Waals surface area (Å²) >= 11 is 3.26. The third kappa shape index (κ3) is 2.73. The van der Waals surface area contributed by atoms with Gasteiger partial charge in [-0.05, 0) is 28.8 Å². The van der Waals surface area contributed by atoms with E-state index in [0.29, 0.717) is 6.42 Å². The fourth-order valence-electron chi connectivity index (χ4n) is 0.889. The van der Waals surface area contributed by atoms with Crippen LogP contribution in [0.25, 0.3) is 0 Å². The van der Waals surface area contributed by atoms with E-state index >= 15 is 0 Å². The quantitative estimate of drug-likeness (QED) is 0.569. The molecule has 0 saturated heterocycles. The first-order chi connectivity index (χ1) is 5.84. The highest BCUT2D eigenvalue weighted by atomic mass is 79.9. The van der Waals surface area contributed by atoms with E-state index in [-0.39, 0.29) is 0 Å². The maximum atomic E-state index is 9.99. The van der Waals surface area contributed by atoms with Crippen LogP contribution in [0.4, 0.5) is 0 Å². The lowest BCUT2D eigenvalue weighted by Gasteiger charge is -1.99. The van der Waals surface area contributed by atoms with Crippen molar-refractivity contribution in [3.63, 3.8) is 0 Å². The lowest BCUT2D eigenvalue weighted by Crippen LogP contribution is -2.00. The first-order valence-electron chi connectivity index (χ1n) is 3.81. The molecule has 1 heterocycles. The summed E-state index contributed by atoms with van der Waals surface area (Å²) in [5, 5.41) is 3.98. The lowest BCUT2D eigenvalue weighted by atomic mass is 10.2. The summed E-state index contributed by atoms with van der Waals surface area (Å²) in [4.78, 5) is 13.9. The van der Waals surface area contributed by atoms with Crippen molar-refractivity contribution in [2.75, 3.05) is 0 Å². The van der Waals surface area contributed by atoms with Gasteiger partial charge < -0.3 is 4.79 Å². The number of aldehydes is 1. The number of hydrogen-bond donors (Lipinski definition) is 0. The van der Waals surface area contributed by atoms with Crippen LogP contribution in [0.3, 0.4) is 0 Å². The van der Waals surface area contributed by atoms with Gasteiger partial charge in [0.15, 0.2) is 4.73 Å². The van der Waals surface area contributed by atoms with Crippen LogP contribution in [-0.2, 0) is 11.3 Å². The Morgan fingerprint density at radius 1 is 1.58 bits per heavy atom. The summed E-state index contributed by atoms with van der Waals surface area (Å²) in [6.45, 7) is 0.814. The van der Waals surface area contributed by atoms with E-state index in [4.69, 9.17) is 0 Å². The molecule has 0 bridgehead atoms. The highest BCUT2D eigenvalue weighted by Crippen LogP contribution is 2.05. The maximum Gasteiger partial charge on any atom is 0.195 e. The molecule has 0 aromatic carbocycles. The van der Waals surface area contributed by atoms with Crippen LogP contribution in [0.2, 0.25) is 0 Å². The first kappa shape index (κ1) is 9.38. The van der Waals surface area contributed by atoms with Crippen LogP contribution in [0.15, 0.2) is 11.1 Å². The standard InChI is InChI=1S/C7H10BrN3O/c8-7-9-6-10-11(7)4-2-1-3-5-12/h5-6H,1-4H2. The Morgan fingerprint density at radius 3 is 3.00 bits per heavy atom. The minimum Gasteiger partial charge on any atom is -0.303 e. The Kier molecular flexibility index (Phi) is 3.93. The molecule has 0 aliphatic carbocycles. The van der Waals surface area contributed by atoms with Gasteiger partial charge in [0.05, 0.1) is 0 Å². The fraction of sp³-hybridized carbons (Fsp3) is 0.571. The first-order valence-corrected chi connectivity index (χ1v) is 4.61. The highest BCUT2D eigenvalue weighted by molar-refractivity contribution is 9.10. The molecule has 12 heavy (non-hydrogen) atoms. The van der Waals surface area contributed by atoms with Gasteiger partial charge in [0, 0.05) is 13.0 Å². The SMILES string of the molecule is O=CCCCCn1ncnc1Br.